The number of hydrogen-bond donors (Lipinski definition) is 0. The molecule has 2 aromatic heterocycles. The number of aromatic nitrogens is 3. The van der Waals surface area contributed by atoms with Crippen molar-refractivity contribution in [3.8, 4) is 17.2 Å². The highest BCUT2D eigenvalue weighted by molar-refractivity contribution is 9.10. The van der Waals surface area contributed by atoms with Crippen LogP contribution in [0.15, 0.2) is 102 Å². The predicted octanol–water partition coefficient (Wildman–Crippen LogP) is 7.16. The van der Waals surface area contributed by atoms with Gasteiger partial charge in [0.1, 0.15) is 5.82 Å². The van der Waals surface area contributed by atoms with Crippen LogP contribution in [0.5, 0.6) is 0 Å². The van der Waals surface area contributed by atoms with Crippen LogP contribution in [-0.2, 0) is 0 Å². The van der Waals surface area contributed by atoms with Crippen LogP contribution in [0.4, 0.5) is 0 Å². The lowest BCUT2D eigenvalue weighted by atomic mass is 10.2. The Kier molecular flexibility index (Phi) is 3.93. The van der Waals surface area contributed by atoms with Gasteiger partial charge in [0.25, 0.3) is 0 Å². The van der Waals surface area contributed by atoms with Crippen molar-refractivity contribution < 1.29 is 0 Å². The van der Waals surface area contributed by atoms with Crippen molar-refractivity contribution in [2.24, 2.45) is 0 Å². The molecule has 0 N–H and O–H groups in total. The highest BCUT2D eigenvalue weighted by atomic mass is 79.9. The molecular formula is C26H16BrN3. The molecule has 0 aliphatic heterocycles. The summed E-state index contributed by atoms with van der Waals surface area (Å²) in [6.07, 6.45) is 0. The van der Waals surface area contributed by atoms with Crippen LogP contribution in [0.3, 0.4) is 0 Å². The summed E-state index contributed by atoms with van der Waals surface area (Å²) in [7, 11) is 0. The summed E-state index contributed by atoms with van der Waals surface area (Å²) in [5, 5.41) is 3.43. The van der Waals surface area contributed by atoms with Crippen molar-refractivity contribution in [3.05, 3.63) is 102 Å². The standard InChI is InChI=1S/C26H16BrN3/c27-18-14-15-24-21(16-18)19-10-5-7-13-23(19)30(24)26-20-11-4-6-12-22(20)28-25(29-26)17-8-2-1-3-9-17/h1-16H. The summed E-state index contributed by atoms with van der Waals surface area (Å²) in [5.74, 6) is 1.63. The molecular weight excluding hydrogens is 434 g/mol. The van der Waals surface area contributed by atoms with Gasteiger partial charge >= 0.3 is 0 Å². The molecule has 0 atom stereocenters. The van der Waals surface area contributed by atoms with Crippen molar-refractivity contribution in [2.45, 2.75) is 0 Å². The second-order valence-electron chi connectivity index (χ2n) is 7.27. The Morgan fingerprint density at radius 3 is 2.17 bits per heavy atom. The summed E-state index contributed by atoms with van der Waals surface area (Å²) >= 11 is 3.63. The molecule has 0 spiro atoms. The Morgan fingerprint density at radius 1 is 0.600 bits per heavy atom. The number of rotatable bonds is 2. The average Bonchev–Trinajstić information content (AvgIpc) is 3.12. The zero-order chi connectivity index (χ0) is 20.1. The number of benzene rings is 4. The summed E-state index contributed by atoms with van der Waals surface area (Å²) in [5.41, 5.74) is 4.20. The first-order valence-electron chi connectivity index (χ1n) is 9.81. The van der Waals surface area contributed by atoms with E-state index in [2.05, 4.69) is 87.2 Å². The monoisotopic (exact) mass is 449 g/mol. The van der Waals surface area contributed by atoms with E-state index in [1.165, 1.54) is 10.8 Å². The van der Waals surface area contributed by atoms with E-state index in [1.807, 2.05) is 30.3 Å². The Balaban J connectivity index is 1.78. The maximum atomic E-state index is 5.08. The lowest BCUT2D eigenvalue weighted by Crippen LogP contribution is -2.02. The van der Waals surface area contributed by atoms with Crippen LogP contribution in [0, 0.1) is 0 Å². The van der Waals surface area contributed by atoms with Gasteiger partial charge in [-0.3, -0.25) is 4.57 Å². The van der Waals surface area contributed by atoms with Crippen LogP contribution in [0.2, 0.25) is 0 Å². The number of halogens is 1. The molecule has 0 saturated heterocycles. The largest absolute Gasteiger partial charge is 0.293 e. The second kappa shape index (κ2) is 6.78. The Labute approximate surface area is 181 Å². The van der Waals surface area contributed by atoms with Gasteiger partial charge in [0.05, 0.1) is 16.6 Å². The van der Waals surface area contributed by atoms with E-state index in [4.69, 9.17) is 9.97 Å². The first kappa shape index (κ1) is 17.4. The molecule has 0 unspecified atom stereocenters. The van der Waals surface area contributed by atoms with Gasteiger partial charge in [-0.1, -0.05) is 76.6 Å². The van der Waals surface area contributed by atoms with E-state index in [0.717, 1.165) is 43.6 Å². The summed E-state index contributed by atoms with van der Waals surface area (Å²) < 4.78 is 3.32. The molecule has 3 nitrogen and oxygen atoms in total. The zero-order valence-corrected chi connectivity index (χ0v) is 17.5. The van der Waals surface area contributed by atoms with Gasteiger partial charge in [-0.25, -0.2) is 9.97 Å². The summed E-state index contributed by atoms with van der Waals surface area (Å²) in [6, 6.07) is 33.3. The van der Waals surface area contributed by atoms with Gasteiger partial charge < -0.3 is 0 Å². The predicted molar refractivity (Wildman–Crippen MR) is 127 cm³/mol. The minimum absolute atomic E-state index is 0.729. The van der Waals surface area contributed by atoms with Crippen molar-refractivity contribution in [1.29, 1.82) is 0 Å². The quantitative estimate of drug-likeness (QED) is 0.280. The van der Waals surface area contributed by atoms with Crippen molar-refractivity contribution in [1.82, 2.24) is 14.5 Å². The molecule has 0 aliphatic carbocycles. The van der Waals surface area contributed by atoms with Crippen LogP contribution in [0.1, 0.15) is 0 Å². The van der Waals surface area contributed by atoms with Gasteiger partial charge in [0.2, 0.25) is 0 Å². The highest BCUT2D eigenvalue weighted by Gasteiger charge is 2.17. The molecule has 4 aromatic carbocycles. The topological polar surface area (TPSA) is 30.7 Å². The fourth-order valence-corrected chi connectivity index (χ4v) is 4.48. The molecule has 0 bridgehead atoms. The Hall–Kier alpha value is -3.50. The van der Waals surface area contributed by atoms with Crippen molar-refractivity contribution in [3.63, 3.8) is 0 Å². The zero-order valence-electron chi connectivity index (χ0n) is 16.0. The van der Waals surface area contributed by atoms with Gasteiger partial charge in [0, 0.05) is 26.2 Å². The van der Waals surface area contributed by atoms with Crippen molar-refractivity contribution in [2.75, 3.05) is 0 Å². The van der Waals surface area contributed by atoms with Crippen LogP contribution in [-0.4, -0.2) is 14.5 Å². The molecule has 0 saturated carbocycles. The minimum atomic E-state index is 0.729. The fraction of sp³-hybridized carbons (Fsp3) is 0. The van der Waals surface area contributed by atoms with E-state index in [1.54, 1.807) is 0 Å². The highest BCUT2D eigenvalue weighted by Crippen LogP contribution is 2.35. The molecule has 142 valence electrons. The second-order valence-corrected chi connectivity index (χ2v) is 8.18. The summed E-state index contributed by atoms with van der Waals surface area (Å²) in [6.45, 7) is 0. The molecule has 6 aromatic rings. The molecule has 0 aliphatic rings. The third-order valence-electron chi connectivity index (χ3n) is 5.46. The SMILES string of the molecule is Brc1ccc2c(c1)c1ccccc1n2-c1nc(-c2ccccc2)nc2ccccc12. The summed E-state index contributed by atoms with van der Waals surface area (Å²) in [4.78, 5) is 9.93. The molecule has 0 amide bonds. The average molecular weight is 450 g/mol. The van der Waals surface area contributed by atoms with Crippen molar-refractivity contribution >= 4 is 48.6 Å². The molecule has 30 heavy (non-hydrogen) atoms. The Bertz CT molecular complexity index is 1550. The van der Waals surface area contributed by atoms with Gasteiger partial charge in [-0.2, -0.15) is 0 Å². The van der Waals surface area contributed by atoms with E-state index >= 15 is 0 Å². The number of hydrogen-bond acceptors (Lipinski definition) is 2. The minimum Gasteiger partial charge on any atom is -0.293 e. The normalized spacial score (nSPS) is 11.5. The lowest BCUT2D eigenvalue weighted by Gasteiger charge is -2.12. The number of nitrogens with zero attached hydrogens (tertiary/aromatic N) is 3. The molecule has 2 heterocycles. The van der Waals surface area contributed by atoms with Gasteiger partial charge in [-0.05, 0) is 36.4 Å². The number of fused-ring (bicyclic) bond motifs is 4. The molecule has 4 heteroatoms. The first-order valence-corrected chi connectivity index (χ1v) is 10.6. The van der Waals surface area contributed by atoms with E-state index < -0.39 is 0 Å². The Morgan fingerprint density at radius 2 is 1.30 bits per heavy atom. The third kappa shape index (κ3) is 2.65. The molecule has 0 radical (unpaired) electrons. The maximum absolute atomic E-state index is 5.08. The molecule has 6 rings (SSSR count). The first-order chi connectivity index (χ1) is 14.8. The smallest absolute Gasteiger partial charge is 0.162 e. The third-order valence-corrected chi connectivity index (χ3v) is 5.95. The lowest BCUT2D eigenvalue weighted by molar-refractivity contribution is 1.07. The number of para-hydroxylation sites is 2. The van der Waals surface area contributed by atoms with E-state index in [9.17, 15) is 0 Å². The van der Waals surface area contributed by atoms with Gasteiger partial charge in [-0.15, -0.1) is 0 Å². The van der Waals surface area contributed by atoms with E-state index in [0.29, 0.717) is 0 Å². The maximum Gasteiger partial charge on any atom is 0.162 e. The van der Waals surface area contributed by atoms with E-state index in [-0.39, 0.29) is 0 Å². The fourth-order valence-electron chi connectivity index (χ4n) is 4.12. The molecule has 0 fully saturated rings. The van der Waals surface area contributed by atoms with Gasteiger partial charge in [0.15, 0.2) is 5.82 Å². The van der Waals surface area contributed by atoms with Crippen LogP contribution < -0.4 is 0 Å². The van der Waals surface area contributed by atoms with Crippen LogP contribution in [0.25, 0.3) is 49.9 Å². The van der Waals surface area contributed by atoms with Crippen LogP contribution >= 0.6 is 15.9 Å².